The Balaban J connectivity index is 1.82. The maximum absolute atomic E-state index is 6.02. The van der Waals surface area contributed by atoms with Gasteiger partial charge in [0.25, 0.3) is 0 Å². The van der Waals surface area contributed by atoms with Crippen LogP contribution in [0.2, 0.25) is 0 Å². The zero-order chi connectivity index (χ0) is 9.97. The number of likely N-dealkylation sites (tertiary alicyclic amines) is 1. The van der Waals surface area contributed by atoms with Crippen molar-refractivity contribution in [2.75, 3.05) is 13.1 Å². The first kappa shape index (κ1) is 10.4. The van der Waals surface area contributed by atoms with Crippen molar-refractivity contribution in [3.63, 3.8) is 0 Å². The van der Waals surface area contributed by atoms with Crippen LogP contribution in [0.5, 0.6) is 0 Å². The topological polar surface area (TPSA) is 29.3 Å². The minimum absolute atomic E-state index is 0.447. The molecule has 1 saturated heterocycles. The maximum Gasteiger partial charge on any atom is 0.0168 e. The number of rotatable bonds is 1. The molecule has 1 heterocycles. The fraction of sp³-hybridized carbons (Fsp3) is 1.00. The summed E-state index contributed by atoms with van der Waals surface area (Å²) in [6.07, 6.45) is 8.22. The van der Waals surface area contributed by atoms with E-state index in [1.165, 1.54) is 45.1 Å². The third kappa shape index (κ3) is 2.48. The van der Waals surface area contributed by atoms with Crippen LogP contribution in [0, 0.1) is 5.92 Å². The second kappa shape index (κ2) is 4.63. The molecule has 1 saturated carbocycles. The number of nitrogens with two attached hydrogens (primary N) is 1. The summed E-state index contributed by atoms with van der Waals surface area (Å²) in [5.74, 6) is 0.963. The fourth-order valence-corrected chi connectivity index (χ4v) is 2.98. The summed E-state index contributed by atoms with van der Waals surface area (Å²) in [5.41, 5.74) is 6.02. The summed E-state index contributed by atoms with van der Waals surface area (Å²) in [7, 11) is 0. The van der Waals surface area contributed by atoms with E-state index in [0.717, 1.165) is 18.5 Å². The maximum atomic E-state index is 6.02. The van der Waals surface area contributed by atoms with Crippen molar-refractivity contribution in [2.24, 2.45) is 11.7 Å². The van der Waals surface area contributed by atoms with Crippen molar-refractivity contribution in [2.45, 2.75) is 57.5 Å². The van der Waals surface area contributed by atoms with Gasteiger partial charge in [0.1, 0.15) is 0 Å². The molecule has 0 bridgehead atoms. The SMILES string of the molecule is CC1CCC(N2CCCC(N)C2)CC1. The minimum atomic E-state index is 0.447. The Morgan fingerprint density at radius 1 is 1.07 bits per heavy atom. The summed E-state index contributed by atoms with van der Waals surface area (Å²) in [4.78, 5) is 2.65. The first-order chi connectivity index (χ1) is 6.75. The highest BCUT2D eigenvalue weighted by Crippen LogP contribution is 2.28. The van der Waals surface area contributed by atoms with E-state index in [1.807, 2.05) is 0 Å². The van der Waals surface area contributed by atoms with Gasteiger partial charge in [-0.2, -0.15) is 0 Å². The molecular weight excluding hydrogens is 172 g/mol. The van der Waals surface area contributed by atoms with Crippen LogP contribution in [0.15, 0.2) is 0 Å². The van der Waals surface area contributed by atoms with Gasteiger partial charge in [0.05, 0.1) is 0 Å². The van der Waals surface area contributed by atoms with E-state index in [4.69, 9.17) is 5.73 Å². The normalized spacial score (nSPS) is 41.1. The molecule has 0 radical (unpaired) electrons. The molecule has 82 valence electrons. The van der Waals surface area contributed by atoms with E-state index in [2.05, 4.69) is 11.8 Å². The minimum Gasteiger partial charge on any atom is -0.327 e. The van der Waals surface area contributed by atoms with E-state index in [0.29, 0.717) is 6.04 Å². The number of nitrogens with zero attached hydrogens (tertiary/aromatic N) is 1. The molecule has 14 heavy (non-hydrogen) atoms. The molecule has 0 amide bonds. The number of piperidine rings is 1. The first-order valence-electron chi connectivity index (χ1n) is 6.25. The van der Waals surface area contributed by atoms with Gasteiger partial charge in [-0.3, -0.25) is 4.90 Å². The molecule has 2 N–H and O–H groups in total. The molecule has 1 unspecified atom stereocenters. The second-order valence-electron chi connectivity index (χ2n) is 5.31. The number of hydrogen-bond donors (Lipinski definition) is 1. The summed E-state index contributed by atoms with van der Waals surface area (Å²) < 4.78 is 0. The molecule has 2 heteroatoms. The van der Waals surface area contributed by atoms with Crippen LogP contribution in [0.3, 0.4) is 0 Å². The molecule has 2 nitrogen and oxygen atoms in total. The summed E-state index contributed by atoms with van der Waals surface area (Å²) >= 11 is 0. The average Bonchev–Trinajstić information content (AvgIpc) is 2.19. The Hall–Kier alpha value is -0.0800. The third-order valence-corrected chi connectivity index (χ3v) is 3.99. The van der Waals surface area contributed by atoms with Crippen LogP contribution in [-0.2, 0) is 0 Å². The largest absolute Gasteiger partial charge is 0.327 e. The summed E-state index contributed by atoms with van der Waals surface area (Å²) in [5, 5.41) is 0. The van der Waals surface area contributed by atoms with Crippen LogP contribution >= 0.6 is 0 Å². The third-order valence-electron chi connectivity index (χ3n) is 3.99. The quantitative estimate of drug-likeness (QED) is 0.695. The van der Waals surface area contributed by atoms with Gasteiger partial charge in [-0.15, -0.1) is 0 Å². The summed E-state index contributed by atoms with van der Waals surface area (Å²) in [6, 6.07) is 1.31. The fourth-order valence-electron chi connectivity index (χ4n) is 2.98. The van der Waals surface area contributed by atoms with Crippen LogP contribution in [0.25, 0.3) is 0 Å². The molecule has 1 aliphatic heterocycles. The lowest BCUT2D eigenvalue weighted by Crippen LogP contribution is -2.48. The first-order valence-corrected chi connectivity index (χ1v) is 6.25. The molecule has 0 aromatic carbocycles. The van der Waals surface area contributed by atoms with Crippen molar-refractivity contribution in [1.29, 1.82) is 0 Å². The summed E-state index contributed by atoms with van der Waals surface area (Å²) in [6.45, 7) is 4.84. The lowest BCUT2D eigenvalue weighted by Gasteiger charge is -2.40. The van der Waals surface area contributed by atoms with Gasteiger partial charge >= 0.3 is 0 Å². The van der Waals surface area contributed by atoms with E-state index in [-0.39, 0.29) is 0 Å². The van der Waals surface area contributed by atoms with Crippen molar-refractivity contribution in [3.8, 4) is 0 Å². The van der Waals surface area contributed by atoms with E-state index >= 15 is 0 Å². The second-order valence-corrected chi connectivity index (χ2v) is 5.31. The lowest BCUT2D eigenvalue weighted by molar-refractivity contribution is 0.108. The van der Waals surface area contributed by atoms with Gasteiger partial charge < -0.3 is 5.73 Å². The van der Waals surface area contributed by atoms with E-state index in [1.54, 1.807) is 0 Å². The molecule has 0 spiro atoms. The molecule has 0 aromatic heterocycles. The molecule has 1 aliphatic carbocycles. The molecule has 2 aliphatic rings. The van der Waals surface area contributed by atoms with E-state index in [9.17, 15) is 0 Å². The predicted molar refractivity (Wildman–Crippen MR) is 60.2 cm³/mol. The molecule has 2 fully saturated rings. The Morgan fingerprint density at radius 2 is 1.79 bits per heavy atom. The van der Waals surface area contributed by atoms with Crippen molar-refractivity contribution in [1.82, 2.24) is 4.90 Å². The molecule has 1 atom stereocenters. The van der Waals surface area contributed by atoms with Crippen molar-refractivity contribution >= 4 is 0 Å². The van der Waals surface area contributed by atoms with Crippen LogP contribution in [0.4, 0.5) is 0 Å². The van der Waals surface area contributed by atoms with Gasteiger partial charge in [-0.1, -0.05) is 6.92 Å². The van der Waals surface area contributed by atoms with Gasteiger partial charge in [-0.25, -0.2) is 0 Å². The van der Waals surface area contributed by atoms with Crippen molar-refractivity contribution < 1.29 is 0 Å². The predicted octanol–water partition coefficient (Wildman–Crippen LogP) is 1.99. The zero-order valence-corrected chi connectivity index (χ0v) is 9.41. The Bertz CT molecular complexity index is 173. The van der Waals surface area contributed by atoms with Gasteiger partial charge in [0, 0.05) is 18.6 Å². The standard InChI is InChI=1S/C12H24N2/c1-10-4-6-12(7-5-10)14-8-2-3-11(13)9-14/h10-12H,2-9,13H2,1H3. The van der Waals surface area contributed by atoms with Gasteiger partial charge in [0.2, 0.25) is 0 Å². The molecule has 2 rings (SSSR count). The smallest absolute Gasteiger partial charge is 0.0168 e. The molecule has 0 aromatic rings. The average molecular weight is 196 g/mol. The zero-order valence-electron chi connectivity index (χ0n) is 9.41. The van der Waals surface area contributed by atoms with E-state index < -0.39 is 0 Å². The number of hydrogen-bond acceptors (Lipinski definition) is 2. The Labute approximate surface area is 87.8 Å². The van der Waals surface area contributed by atoms with Crippen LogP contribution in [0.1, 0.15) is 45.4 Å². The highest BCUT2D eigenvalue weighted by molar-refractivity contribution is 4.83. The van der Waals surface area contributed by atoms with Crippen LogP contribution in [-0.4, -0.2) is 30.1 Å². The monoisotopic (exact) mass is 196 g/mol. The highest BCUT2D eigenvalue weighted by Gasteiger charge is 2.26. The van der Waals surface area contributed by atoms with Crippen LogP contribution < -0.4 is 5.73 Å². The molecular formula is C12H24N2. The highest BCUT2D eigenvalue weighted by atomic mass is 15.2. The Kier molecular flexibility index (Phi) is 3.45. The lowest BCUT2D eigenvalue weighted by atomic mass is 9.86. The van der Waals surface area contributed by atoms with Gasteiger partial charge in [-0.05, 0) is 51.0 Å². The van der Waals surface area contributed by atoms with Gasteiger partial charge in [0.15, 0.2) is 0 Å². The Morgan fingerprint density at radius 3 is 2.43 bits per heavy atom. The van der Waals surface area contributed by atoms with Crippen molar-refractivity contribution in [3.05, 3.63) is 0 Å².